The van der Waals surface area contributed by atoms with Crippen molar-refractivity contribution in [2.24, 2.45) is 0 Å². The van der Waals surface area contributed by atoms with Gasteiger partial charge in [0.2, 0.25) is 0 Å². The summed E-state index contributed by atoms with van der Waals surface area (Å²) in [5, 5.41) is 0. The normalized spacial score (nSPS) is 10.1. The Morgan fingerprint density at radius 2 is 2.18 bits per heavy atom. The van der Waals surface area contributed by atoms with E-state index in [2.05, 4.69) is 22.5 Å². The van der Waals surface area contributed by atoms with E-state index in [-0.39, 0.29) is 5.91 Å². The van der Waals surface area contributed by atoms with Crippen molar-refractivity contribution in [3.05, 3.63) is 40.4 Å². The average molecular weight is 297 g/mol. The number of nitrogen functional groups attached to an aromatic ring is 1. The lowest BCUT2D eigenvalue weighted by Gasteiger charge is -2.21. The summed E-state index contributed by atoms with van der Waals surface area (Å²) in [6, 6.07) is 5.22. The predicted octanol–water partition coefficient (Wildman–Crippen LogP) is 3.07. The van der Waals surface area contributed by atoms with Gasteiger partial charge in [-0.15, -0.1) is 0 Å². The molecule has 1 rings (SSSR count). The molecule has 0 bridgehead atoms. The minimum atomic E-state index is -0.00352. The number of nitrogens with zero attached hydrogens (tertiary/aromatic N) is 1. The van der Waals surface area contributed by atoms with E-state index in [9.17, 15) is 4.79 Å². The number of anilines is 1. The van der Waals surface area contributed by atoms with Crippen molar-refractivity contribution in [2.75, 3.05) is 18.8 Å². The second-order valence-corrected chi connectivity index (χ2v) is 4.87. The Bertz CT molecular complexity index is 443. The smallest absolute Gasteiger partial charge is 0.254 e. The fraction of sp³-hybridized carbons (Fsp3) is 0.308. The SMILES string of the molecule is C=C(C)CN(CC)C(=O)c1ccc(N)c(Br)c1. The van der Waals surface area contributed by atoms with Crippen LogP contribution in [0.3, 0.4) is 0 Å². The Morgan fingerprint density at radius 3 is 2.65 bits per heavy atom. The van der Waals surface area contributed by atoms with Gasteiger partial charge in [-0.05, 0) is 48.0 Å². The van der Waals surface area contributed by atoms with Gasteiger partial charge in [-0.1, -0.05) is 12.2 Å². The highest BCUT2D eigenvalue weighted by Gasteiger charge is 2.14. The van der Waals surface area contributed by atoms with Gasteiger partial charge < -0.3 is 10.6 Å². The number of carbonyl (C=O) groups excluding carboxylic acids is 1. The third-order valence-corrected chi connectivity index (χ3v) is 3.06. The Kier molecular flexibility index (Phi) is 4.75. The molecule has 0 saturated heterocycles. The van der Waals surface area contributed by atoms with Crippen LogP contribution in [0.5, 0.6) is 0 Å². The van der Waals surface area contributed by atoms with Crippen LogP contribution in [0.1, 0.15) is 24.2 Å². The Balaban J connectivity index is 2.93. The zero-order valence-corrected chi connectivity index (χ0v) is 11.8. The average Bonchev–Trinajstić information content (AvgIpc) is 2.28. The standard InChI is InChI=1S/C13H17BrN2O/c1-4-16(8-9(2)3)13(17)10-5-6-12(15)11(14)7-10/h5-7H,2,4,8,15H2,1,3H3. The van der Waals surface area contributed by atoms with Gasteiger partial charge in [0.25, 0.3) is 5.91 Å². The molecule has 92 valence electrons. The van der Waals surface area contributed by atoms with Crippen LogP contribution in [0.15, 0.2) is 34.8 Å². The van der Waals surface area contributed by atoms with Gasteiger partial charge in [-0.3, -0.25) is 4.79 Å². The molecule has 0 fully saturated rings. The molecule has 0 aliphatic heterocycles. The number of halogens is 1. The molecule has 1 aromatic carbocycles. The Hall–Kier alpha value is -1.29. The largest absolute Gasteiger partial charge is 0.398 e. The van der Waals surface area contributed by atoms with E-state index < -0.39 is 0 Å². The molecule has 0 heterocycles. The lowest BCUT2D eigenvalue weighted by Crippen LogP contribution is -2.32. The molecule has 0 unspecified atom stereocenters. The Morgan fingerprint density at radius 1 is 1.53 bits per heavy atom. The maximum Gasteiger partial charge on any atom is 0.254 e. The monoisotopic (exact) mass is 296 g/mol. The first kappa shape index (κ1) is 13.8. The van der Waals surface area contributed by atoms with Crippen molar-refractivity contribution in [2.45, 2.75) is 13.8 Å². The summed E-state index contributed by atoms with van der Waals surface area (Å²) >= 11 is 3.32. The number of likely N-dealkylation sites (N-methyl/N-ethyl adjacent to an activating group) is 1. The van der Waals surface area contributed by atoms with Gasteiger partial charge in [-0.25, -0.2) is 0 Å². The van der Waals surface area contributed by atoms with Crippen LogP contribution in [0.4, 0.5) is 5.69 Å². The molecule has 0 saturated carbocycles. The first-order valence-corrected chi connectivity index (χ1v) is 6.23. The van der Waals surface area contributed by atoms with Crippen LogP contribution in [-0.4, -0.2) is 23.9 Å². The van der Waals surface area contributed by atoms with E-state index in [1.807, 2.05) is 13.8 Å². The molecule has 4 heteroatoms. The van der Waals surface area contributed by atoms with E-state index in [4.69, 9.17) is 5.73 Å². The number of amides is 1. The number of hydrogen-bond donors (Lipinski definition) is 1. The van der Waals surface area contributed by atoms with E-state index in [0.29, 0.717) is 24.3 Å². The second-order valence-electron chi connectivity index (χ2n) is 4.01. The minimum Gasteiger partial charge on any atom is -0.398 e. The molecule has 0 aromatic heterocycles. The van der Waals surface area contributed by atoms with Crippen molar-refractivity contribution in [1.29, 1.82) is 0 Å². The molecule has 0 spiro atoms. The zero-order valence-electron chi connectivity index (χ0n) is 10.2. The molecule has 1 amide bonds. The number of benzene rings is 1. The van der Waals surface area contributed by atoms with Crippen LogP contribution >= 0.6 is 15.9 Å². The number of rotatable bonds is 4. The third kappa shape index (κ3) is 3.60. The third-order valence-electron chi connectivity index (χ3n) is 2.38. The molecule has 17 heavy (non-hydrogen) atoms. The van der Waals surface area contributed by atoms with E-state index in [0.717, 1.165) is 10.0 Å². The van der Waals surface area contributed by atoms with Gasteiger partial charge in [0.15, 0.2) is 0 Å². The summed E-state index contributed by atoms with van der Waals surface area (Å²) in [7, 11) is 0. The lowest BCUT2D eigenvalue weighted by molar-refractivity contribution is 0.0778. The van der Waals surface area contributed by atoms with E-state index in [1.165, 1.54) is 0 Å². The second kappa shape index (κ2) is 5.87. The summed E-state index contributed by atoms with van der Waals surface area (Å²) in [5.74, 6) is -0.00352. The van der Waals surface area contributed by atoms with Crippen LogP contribution in [0, 0.1) is 0 Å². The summed E-state index contributed by atoms with van der Waals surface area (Å²) < 4.78 is 0.745. The van der Waals surface area contributed by atoms with Crippen molar-refractivity contribution < 1.29 is 4.79 Å². The van der Waals surface area contributed by atoms with Crippen molar-refractivity contribution in [3.63, 3.8) is 0 Å². The highest BCUT2D eigenvalue weighted by atomic mass is 79.9. The molecule has 1 aromatic rings. The molecule has 3 nitrogen and oxygen atoms in total. The van der Waals surface area contributed by atoms with E-state index in [1.54, 1.807) is 23.1 Å². The Labute approximate surface area is 110 Å². The number of nitrogens with two attached hydrogens (primary N) is 1. The fourth-order valence-corrected chi connectivity index (χ4v) is 1.87. The summed E-state index contributed by atoms with van der Waals surface area (Å²) in [6.45, 7) is 8.93. The zero-order chi connectivity index (χ0) is 13.0. The highest BCUT2D eigenvalue weighted by molar-refractivity contribution is 9.10. The maximum absolute atomic E-state index is 12.2. The van der Waals surface area contributed by atoms with Crippen molar-refractivity contribution in [1.82, 2.24) is 4.90 Å². The van der Waals surface area contributed by atoms with E-state index >= 15 is 0 Å². The van der Waals surface area contributed by atoms with Gasteiger partial charge in [0, 0.05) is 28.8 Å². The van der Waals surface area contributed by atoms with Gasteiger partial charge >= 0.3 is 0 Å². The first-order chi connectivity index (χ1) is 7.95. The highest BCUT2D eigenvalue weighted by Crippen LogP contribution is 2.21. The molecule has 0 aliphatic rings. The molecule has 0 aliphatic carbocycles. The number of carbonyl (C=O) groups is 1. The molecule has 0 radical (unpaired) electrons. The van der Waals surface area contributed by atoms with Crippen molar-refractivity contribution >= 4 is 27.5 Å². The van der Waals surface area contributed by atoms with Crippen LogP contribution in [-0.2, 0) is 0 Å². The first-order valence-electron chi connectivity index (χ1n) is 5.44. The van der Waals surface area contributed by atoms with Crippen LogP contribution in [0.2, 0.25) is 0 Å². The summed E-state index contributed by atoms with van der Waals surface area (Å²) in [4.78, 5) is 13.9. The van der Waals surface area contributed by atoms with Crippen LogP contribution in [0.25, 0.3) is 0 Å². The van der Waals surface area contributed by atoms with Gasteiger partial charge in [0.1, 0.15) is 0 Å². The van der Waals surface area contributed by atoms with Crippen molar-refractivity contribution in [3.8, 4) is 0 Å². The maximum atomic E-state index is 12.2. The summed E-state index contributed by atoms with van der Waals surface area (Å²) in [6.07, 6.45) is 0. The lowest BCUT2D eigenvalue weighted by atomic mass is 10.1. The molecular formula is C13H17BrN2O. The minimum absolute atomic E-state index is 0.00352. The quantitative estimate of drug-likeness (QED) is 0.686. The molecular weight excluding hydrogens is 280 g/mol. The van der Waals surface area contributed by atoms with Crippen LogP contribution < -0.4 is 5.73 Å². The predicted molar refractivity (Wildman–Crippen MR) is 74.9 cm³/mol. The topological polar surface area (TPSA) is 46.3 Å². The molecule has 0 atom stereocenters. The van der Waals surface area contributed by atoms with Gasteiger partial charge in [-0.2, -0.15) is 0 Å². The van der Waals surface area contributed by atoms with Gasteiger partial charge in [0.05, 0.1) is 0 Å². The fourth-order valence-electron chi connectivity index (χ4n) is 1.50. The number of hydrogen-bond acceptors (Lipinski definition) is 2. The molecule has 2 N–H and O–H groups in total. The summed E-state index contributed by atoms with van der Waals surface area (Å²) in [5.41, 5.74) is 7.92.